The van der Waals surface area contributed by atoms with E-state index in [1.165, 1.54) is 11.8 Å². The van der Waals surface area contributed by atoms with Gasteiger partial charge in [0.05, 0.1) is 28.9 Å². The maximum absolute atomic E-state index is 13.6. The fourth-order valence-corrected chi connectivity index (χ4v) is 4.04. The van der Waals surface area contributed by atoms with Crippen LogP contribution in [0.3, 0.4) is 0 Å². The highest BCUT2D eigenvalue weighted by molar-refractivity contribution is 5.91. The van der Waals surface area contributed by atoms with Gasteiger partial charge in [0.15, 0.2) is 5.76 Å². The van der Waals surface area contributed by atoms with Crippen LogP contribution in [0.15, 0.2) is 76.1 Å². The molecule has 170 valence electrons. The highest BCUT2D eigenvalue weighted by Crippen LogP contribution is 2.25. The lowest BCUT2D eigenvalue weighted by molar-refractivity contribution is 0.0645. The Kier molecular flexibility index (Phi) is 6.73. The lowest BCUT2D eigenvalue weighted by atomic mass is 10.1. The van der Waals surface area contributed by atoms with Gasteiger partial charge >= 0.3 is 0 Å². The summed E-state index contributed by atoms with van der Waals surface area (Å²) in [6.07, 6.45) is 4.18. The number of carbonyl (C=O) groups excluding carboxylic acids is 1. The van der Waals surface area contributed by atoms with Crippen molar-refractivity contribution in [1.82, 2.24) is 14.5 Å². The van der Waals surface area contributed by atoms with Crippen LogP contribution in [0.25, 0.3) is 16.6 Å². The Morgan fingerprint density at radius 2 is 1.82 bits per heavy atom. The molecule has 2 heterocycles. The molecule has 1 unspecified atom stereocenters. The van der Waals surface area contributed by atoms with Crippen LogP contribution in [0.4, 0.5) is 0 Å². The number of hydrogen-bond acceptors (Lipinski definition) is 4. The van der Waals surface area contributed by atoms with Crippen molar-refractivity contribution in [2.24, 2.45) is 0 Å². The van der Waals surface area contributed by atoms with E-state index in [4.69, 9.17) is 9.40 Å². The molecular formula is C27H29N3O3. The zero-order valence-corrected chi connectivity index (χ0v) is 19.3. The third kappa shape index (κ3) is 4.46. The summed E-state index contributed by atoms with van der Waals surface area (Å²) in [5.41, 5.74) is 2.39. The molecule has 0 N–H and O–H groups in total. The molecule has 2 aromatic heterocycles. The van der Waals surface area contributed by atoms with Gasteiger partial charge in [0.25, 0.3) is 11.5 Å². The number of amides is 1. The summed E-state index contributed by atoms with van der Waals surface area (Å²) >= 11 is 0. The van der Waals surface area contributed by atoms with E-state index in [1.807, 2.05) is 49.4 Å². The first-order chi connectivity index (χ1) is 16.0. The van der Waals surface area contributed by atoms with E-state index in [0.717, 1.165) is 24.9 Å². The van der Waals surface area contributed by atoms with E-state index in [1.54, 1.807) is 27.7 Å². The van der Waals surface area contributed by atoms with E-state index in [-0.39, 0.29) is 17.2 Å². The Balaban J connectivity index is 1.89. The molecule has 6 nitrogen and oxygen atoms in total. The fraction of sp³-hybridized carbons (Fsp3) is 0.296. The van der Waals surface area contributed by atoms with Crippen LogP contribution in [0, 0.1) is 0 Å². The standard InChI is InChI=1S/C27H29N3O3/c1-4-6-17-29(27(32)24-12-9-18-33-24)19(3)25-28-23-11-8-7-10-22(23)26(31)30(25)21-15-13-20(5-2)14-16-21/h7-16,18-19H,4-6,17H2,1-3H3. The second kappa shape index (κ2) is 9.86. The fourth-order valence-electron chi connectivity index (χ4n) is 4.04. The van der Waals surface area contributed by atoms with Crippen molar-refractivity contribution in [2.45, 2.75) is 46.1 Å². The monoisotopic (exact) mass is 443 g/mol. The van der Waals surface area contributed by atoms with E-state index in [2.05, 4.69) is 13.8 Å². The second-order valence-corrected chi connectivity index (χ2v) is 8.15. The Morgan fingerprint density at radius 1 is 1.06 bits per heavy atom. The molecule has 0 spiro atoms. The van der Waals surface area contributed by atoms with Crippen LogP contribution in [-0.4, -0.2) is 26.9 Å². The Bertz CT molecular complexity index is 1290. The molecule has 0 fully saturated rings. The first-order valence-electron chi connectivity index (χ1n) is 11.5. The number of furan rings is 1. The van der Waals surface area contributed by atoms with Gasteiger partial charge in [-0.1, -0.05) is 44.5 Å². The summed E-state index contributed by atoms with van der Waals surface area (Å²) in [6.45, 7) is 6.64. The Morgan fingerprint density at radius 3 is 2.48 bits per heavy atom. The van der Waals surface area contributed by atoms with E-state index in [9.17, 15) is 9.59 Å². The van der Waals surface area contributed by atoms with Gasteiger partial charge in [-0.3, -0.25) is 14.2 Å². The number of benzene rings is 2. The smallest absolute Gasteiger partial charge is 0.290 e. The Labute approximate surface area is 193 Å². The van der Waals surface area contributed by atoms with Gasteiger partial charge in [-0.15, -0.1) is 0 Å². The number of aryl methyl sites for hydroxylation is 1. The van der Waals surface area contributed by atoms with E-state index in [0.29, 0.717) is 23.3 Å². The highest BCUT2D eigenvalue weighted by Gasteiger charge is 2.28. The normalized spacial score (nSPS) is 12.1. The van der Waals surface area contributed by atoms with Gasteiger partial charge < -0.3 is 9.32 Å². The van der Waals surface area contributed by atoms with E-state index < -0.39 is 6.04 Å². The van der Waals surface area contributed by atoms with Crippen LogP contribution in [0.2, 0.25) is 0 Å². The van der Waals surface area contributed by atoms with Gasteiger partial charge in [-0.2, -0.15) is 0 Å². The maximum Gasteiger partial charge on any atom is 0.290 e. The van der Waals surface area contributed by atoms with Gasteiger partial charge in [0.1, 0.15) is 5.82 Å². The summed E-state index contributed by atoms with van der Waals surface area (Å²) in [4.78, 5) is 33.6. The molecule has 4 aromatic rings. The minimum absolute atomic E-state index is 0.146. The second-order valence-electron chi connectivity index (χ2n) is 8.15. The third-order valence-electron chi connectivity index (χ3n) is 5.99. The summed E-state index contributed by atoms with van der Waals surface area (Å²) in [5, 5.41) is 0.547. The van der Waals surface area contributed by atoms with Gasteiger partial charge in [-0.05, 0) is 61.7 Å². The molecule has 1 amide bonds. The number of para-hydroxylation sites is 1. The minimum Gasteiger partial charge on any atom is -0.459 e. The van der Waals surface area contributed by atoms with Crippen LogP contribution < -0.4 is 5.56 Å². The first kappa shape index (κ1) is 22.5. The predicted molar refractivity (Wildman–Crippen MR) is 130 cm³/mol. The van der Waals surface area contributed by atoms with Gasteiger partial charge in [0, 0.05) is 6.54 Å². The average Bonchev–Trinajstić information content (AvgIpc) is 3.39. The van der Waals surface area contributed by atoms with Crippen molar-refractivity contribution < 1.29 is 9.21 Å². The van der Waals surface area contributed by atoms with Crippen molar-refractivity contribution in [3.05, 3.63) is 94.4 Å². The summed E-state index contributed by atoms with van der Waals surface area (Å²) < 4.78 is 7.04. The molecule has 1 atom stereocenters. The maximum atomic E-state index is 13.6. The summed E-state index contributed by atoms with van der Waals surface area (Å²) in [5.74, 6) is 0.593. The Hall–Kier alpha value is -3.67. The van der Waals surface area contributed by atoms with Crippen molar-refractivity contribution in [2.75, 3.05) is 6.54 Å². The van der Waals surface area contributed by atoms with Crippen molar-refractivity contribution in [1.29, 1.82) is 0 Å². The number of rotatable bonds is 8. The molecule has 4 rings (SSSR count). The molecule has 0 radical (unpaired) electrons. The summed E-state index contributed by atoms with van der Waals surface area (Å²) in [7, 11) is 0. The van der Waals surface area contributed by atoms with Crippen molar-refractivity contribution in [3.8, 4) is 5.69 Å². The van der Waals surface area contributed by atoms with E-state index >= 15 is 0 Å². The number of unbranched alkanes of at least 4 members (excludes halogenated alkanes) is 1. The van der Waals surface area contributed by atoms with Crippen molar-refractivity contribution >= 4 is 16.8 Å². The largest absolute Gasteiger partial charge is 0.459 e. The molecule has 0 bridgehead atoms. The quantitative estimate of drug-likeness (QED) is 0.358. The molecular weight excluding hydrogens is 414 g/mol. The molecule has 0 aliphatic carbocycles. The average molecular weight is 444 g/mol. The molecule has 2 aromatic carbocycles. The van der Waals surface area contributed by atoms with Crippen LogP contribution >= 0.6 is 0 Å². The van der Waals surface area contributed by atoms with Crippen LogP contribution in [-0.2, 0) is 6.42 Å². The van der Waals surface area contributed by atoms with Crippen molar-refractivity contribution in [3.63, 3.8) is 0 Å². The van der Waals surface area contributed by atoms with Crippen LogP contribution in [0.1, 0.15) is 61.6 Å². The van der Waals surface area contributed by atoms with Crippen LogP contribution in [0.5, 0.6) is 0 Å². The lowest BCUT2D eigenvalue weighted by Crippen LogP contribution is -2.38. The molecule has 6 heteroatoms. The predicted octanol–water partition coefficient (Wildman–Crippen LogP) is 5.54. The topological polar surface area (TPSA) is 68.3 Å². The summed E-state index contributed by atoms with van der Waals surface area (Å²) in [6, 6.07) is 18.2. The molecule has 0 saturated carbocycles. The number of fused-ring (bicyclic) bond motifs is 1. The number of nitrogens with zero attached hydrogens (tertiary/aromatic N) is 3. The van der Waals surface area contributed by atoms with Gasteiger partial charge in [-0.25, -0.2) is 4.98 Å². The SMILES string of the molecule is CCCCN(C(=O)c1ccco1)C(C)c1nc2ccccc2c(=O)n1-c1ccc(CC)cc1. The van der Waals surface area contributed by atoms with Gasteiger partial charge in [0.2, 0.25) is 0 Å². The highest BCUT2D eigenvalue weighted by atomic mass is 16.3. The minimum atomic E-state index is -0.447. The first-order valence-corrected chi connectivity index (χ1v) is 11.5. The lowest BCUT2D eigenvalue weighted by Gasteiger charge is -2.30. The molecule has 33 heavy (non-hydrogen) atoms. The zero-order chi connectivity index (χ0) is 23.4. The zero-order valence-electron chi connectivity index (χ0n) is 19.3. The molecule has 0 saturated heterocycles. The number of hydrogen-bond donors (Lipinski definition) is 0. The molecule has 0 aliphatic heterocycles. The third-order valence-corrected chi connectivity index (χ3v) is 5.99. The number of aromatic nitrogens is 2. The molecule has 0 aliphatic rings. The number of carbonyl (C=O) groups is 1.